The van der Waals surface area contributed by atoms with Gasteiger partial charge in [-0.2, -0.15) is 0 Å². The molecule has 0 heterocycles. The third kappa shape index (κ3) is 2.38. The third-order valence-corrected chi connectivity index (χ3v) is 2.81. The average molecular weight is 254 g/mol. The normalized spacial score (nSPS) is 10.3. The molecule has 1 aromatic rings. The quantitative estimate of drug-likeness (QED) is 0.789. The molecule has 0 saturated carbocycles. The summed E-state index contributed by atoms with van der Waals surface area (Å²) in [4.78, 5) is 0. The third-order valence-electron chi connectivity index (χ3n) is 1.99. The summed E-state index contributed by atoms with van der Waals surface area (Å²) in [7, 11) is 0. The largest absolute Gasteiger partial charge is 0.493 e. The molecule has 0 aliphatic rings. The SMILES string of the molecule is C=C[C](C)c1cccc(OCC)c1Br. The molecule has 0 atom stereocenters. The van der Waals surface area contributed by atoms with Crippen molar-refractivity contribution in [3.05, 3.63) is 46.8 Å². The zero-order valence-corrected chi connectivity index (χ0v) is 10.1. The lowest BCUT2D eigenvalue weighted by molar-refractivity contribution is 0.338. The Hall–Kier alpha value is -0.760. The van der Waals surface area contributed by atoms with Gasteiger partial charge in [-0.05, 0) is 34.5 Å². The van der Waals surface area contributed by atoms with Gasteiger partial charge in [-0.1, -0.05) is 25.1 Å². The van der Waals surface area contributed by atoms with Crippen molar-refractivity contribution in [2.75, 3.05) is 6.61 Å². The van der Waals surface area contributed by atoms with E-state index in [2.05, 4.69) is 22.5 Å². The molecule has 1 rings (SSSR count). The van der Waals surface area contributed by atoms with Crippen molar-refractivity contribution in [1.82, 2.24) is 0 Å². The van der Waals surface area contributed by atoms with E-state index >= 15 is 0 Å². The van der Waals surface area contributed by atoms with Gasteiger partial charge in [-0.3, -0.25) is 0 Å². The maximum atomic E-state index is 5.48. The fourth-order valence-electron chi connectivity index (χ4n) is 1.19. The van der Waals surface area contributed by atoms with Gasteiger partial charge < -0.3 is 4.74 Å². The Kier molecular flexibility index (Phi) is 4.21. The minimum Gasteiger partial charge on any atom is -0.493 e. The molecule has 0 aliphatic heterocycles. The van der Waals surface area contributed by atoms with Crippen LogP contribution < -0.4 is 4.74 Å². The zero-order valence-electron chi connectivity index (χ0n) is 8.51. The number of ether oxygens (including phenoxy) is 1. The average Bonchev–Trinajstić information content (AvgIpc) is 2.20. The molecule has 0 fully saturated rings. The minimum atomic E-state index is 0.676. The minimum absolute atomic E-state index is 0.676. The van der Waals surface area contributed by atoms with Crippen LogP contribution in [-0.2, 0) is 0 Å². The van der Waals surface area contributed by atoms with Crippen LogP contribution in [0.1, 0.15) is 19.4 Å². The molecule has 2 heteroatoms. The molecule has 1 nitrogen and oxygen atoms in total. The Bertz CT molecular complexity index is 320. The molecule has 0 amide bonds. The first-order valence-corrected chi connectivity index (χ1v) is 5.37. The van der Waals surface area contributed by atoms with E-state index in [9.17, 15) is 0 Å². The van der Waals surface area contributed by atoms with Crippen molar-refractivity contribution >= 4 is 15.9 Å². The van der Waals surface area contributed by atoms with E-state index in [4.69, 9.17) is 4.74 Å². The van der Waals surface area contributed by atoms with Crippen molar-refractivity contribution in [1.29, 1.82) is 0 Å². The van der Waals surface area contributed by atoms with Crippen molar-refractivity contribution in [3.8, 4) is 5.75 Å². The number of rotatable bonds is 4. The van der Waals surface area contributed by atoms with Crippen molar-refractivity contribution in [3.63, 3.8) is 0 Å². The highest BCUT2D eigenvalue weighted by Crippen LogP contribution is 2.33. The lowest BCUT2D eigenvalue weighted by atomic mass is 10.0. The van der Waals surface area contributed by atoms with Gasteiger partial charge in [0, 0.05) is 5.92 Å². The molecule has 0 aliphatic carbocycles. The highest BCUT2D eigenvalue weighted by molar-refractivity contribution is 9.10. The number of benzene rings is 1. The molecule has 0 aromatic heterocycles. The second kappa shape index (κ2) is 5.20. The topological polar surface area (TPSA) is 9.23 Å². The second-order valence-corrected chi connectivity index (χ2v) is 3.73. The van der Waals surface area contributed by atoms with Gasteiger partial charge in [-0.25, -0.2) is 0 Å². The standard InChI is InChI=1S/C12H14BrO/c1-4-9(3)10-7-6-8-11(12(10)13)14-5-2/h4,6-8H,1,5H2,2-3H3. The van der Waals surface area contributed by atoms with Gasteiger partial charge >= 0.3 is 0 Å². The number of halogens is 1. The predicted octanol–water partition coefficient (Wildman–Crippen LogP) is 3.98. The van der Waals surface area contributed by atoms with Crippen LogP contribution >= 0.6 is 15.9 Å². The molecular weight excluding hydrogens is 240 g/mol. The Morgan fingerprint density at radius 1 is 1.57 bits per heavy atom. The summed E-state index contributed by atoms with van der Waals surface area (Å²) in [5.74, 6) is 2.02. The first-order chi connectivity index (χ1) is 6.70. The van der Waals surface area contributed by atoms with Crippen molar-refractivity contribution in [2.45, 2.75) is 13.8 Å². The molecule has 0 saturated heterocycles. The number of allylic oxidation sites excluding steroid dienone is 1. The van der Waals surface area contributed by atoms with E-state index in [1.807, 2.05) is 38.1 Å². The first-order valence-electron chi connectivity index (χ1n) is 4.58. The molecule has 0 N–H and O–H groups in total. The lowest BCUT2D eigenvalue weighted by Crippen LogP contribution is -1.97. The van der Waals surface area contributed by atoms with Gasteiger partial charge in [0.05, 0.1) is 11.1 Å². The van der Waals surface area contributed by atoms with Crippen LogP contribution in [0.5, 0.6) is 5.75 Å². The van der Waals surface area contributed by atoms with Crippen molar-refractivity contribution in [2.24, 2.45) is 0 Å². The molecule has 0 bridgehead atoms. The molecule has 1 aromatic carbocycles. The van der Waals surface area contributed by atoms with Gasteiger partial charge in [0.25, 0.3) is 0 Å². The van der Waals surface area contributed by atoms with E-state index in [1.54, 1.807) is 0 Å². The number of hydrogen-bond donors (Lipinski definition) is 0. The van der Waals surface area contributed by atoms with Gasteiger partial charge in [-0.15, -0.1) is 6.58 Å². The maximum Gasteiger partial charge on any atom is 0.133 e. The fourth-order valence-corrected chi connectivity index (χ4v) is 1.88. The summed E-state index contributed by atoms with van der Waals surface area (Å²) in [5, 5.41) is 0. The molecule has 75 valence electrons. The summed E-state index contributed by atoms with van der Waals surface area (Å²) in [6.45, 7) is 8.44. The molecule has 1 radical (unpaired) electrons. The second-order valence-electron chi connectivity index (χ2n) is 2.94. The number of hydrogen-bond acceptors (Lipinski definition) is 1. The van der Waals surface area contributed by atoms with Crippen LogP contribution in [0.3, 0.4) is 0 Å². The van der Waals surface area contributed by atoms with Crippen LogP contribution in [0, 0.1) is 5.92 Å². The summed E-state index contributed by atoms with van der Waals surface area (Å²) >= 11 is 3.53. The van der Waals surface area contributed by atoms with Crippen LogP contribution in [0.4, 0.5) is 0 Å². The molecule has 0 spiro atoms. The maximum absolute atomic E-state index is 5.48. The Labute approximate surface area is 93.9 Å². The zero-order chi connectivity index (χ0) is 10.6. The smallest absolute Gasteiger partial charge is 0.133 e. The summed E-state index contributed by atoms with van der Waals surface area (Å²) in [6.07, 6.45) is 1.84. The molecule has 0 unspecified atom stereocenters. The van der Waals surface area contributed by atoms with Gasteiger partial charge in [0.15, 0.2) is 0 Å². The predicted molar refractivity (Wildman–Crippen MR) is 63.5 cm³/mol. The van der Waals surface area contributed by atoms with Crippen LogP contribution in [0.15, 0.2) is 35.3 Å². The van der Waals surface area contributed by atoms with Gasteiger partial charge in [0.2, 0.25) is 0 Å². The first kappa shape index (κ1) is 11.3. The van der Waals surface area contributed by atoms with E-state index in [-0.39, 0.29) is 0 Å². The van der Waals surface area contributed by atoms with E-state index in [0.717, 1.165) is 21.7 Å². The van der Waals surface area contributed by atoms with E-state index < -0.39 is 0 Å². The summed E-state index contributed by atoms with van der Waals surface area (Å²) in [6, 6.07) is 5.98. The molecular formula is C12H14BrO. The highest BCUT2D eigenvalue weighted by atomic mass is 79.9. The van der Waals surface area contributed by atoms with E-state index in [0.29, 0.717) is 6.61 Å². The Balaban J connectivity index is 3.06. The van der Waals surface area contributed by atoms with Gasteiger partial charge in [0.1, 0.15) is 5.75 Å². The highest BCUT2D eigenvalue weighted by Gasteiger charge is 2.10. The summed E-state index contributed by atoms with van der Waals surface area (Å²) < 4.78 is 6.48. The monoisotopic (exact) mass is 253 g/mol. The van der Waals surface area contributed by atoms with E-state index in [1.165, 1.54) is 0 Å². The van der Waals surface area contributed by atoms with Crippen LogP contribution in [-0.4, -0.2) is 6.61 Å². The van der Waals surface area contributed by atoms with Crippen LogP contribution in [0.2, 0.25) is 0 Å². The fraction of sp³-hybridized carbons (Fsp3) is 0.250. The van der Waals surface area contributed by atoms with Crippen LogP contribution in [0.25, 0.3) is 0 Å². The Morgan fingerprint density at radius 3 is 2.86 bits per heavy atom. The Morgan fingerprint density at radius 2 is 2.29 bits per heavy atom. The lowest BCUT2D eigenvalue weighted by Gasteiger charge is -2.12. The van der Waals surface area contributed by atoms with Crippen molar-refractivity contribution < 1.29 is 4.74 Å². The molecule has 14 heavy (non-hydrogen) atoms. The summed E-state index contributed by atoms with van der Waals surface area (Å²) in [5.41, 5.74) is 1.13.